The van der Waals surface area contributed by atoms with Crippen molar-refractivity contribution in [3.8, 4) is 27.3 Å². The van der Waals surface area contributed by atoms with Crippen LogP contribution < -0.4 is 20.9 Å². The third kappa shape index (κ3) is 18.7. The van der Waals surface area contributed by atoms with Crippen LogP contribution in [0, 0.1) is 18.2 Å². The van der Waals surface area contributed by atoms with Gasteiger partial charge in [0.05, 0.1) is 86.1 Å². The Hall–Kier alpha value is -6.71. The van der Waals surface area contributed by atoms with Crippen LogP contribution in [0.15, 0.2) is 72.2 Å². The number of piperazine rings is 1. The van der Waals surface area contributed by atoms with Gasteiger partial charge in [-0.2, -0.15) is 4.98 Å². The number of ether oxygens (including phenoxy) is 5. The zero-order valence-electron chi connectivity index (χ0n) is 52.5. The summed E-state index contributed by atoms with van der Waals surface area (Å²) in [6.07, 6.45) is 0.559. The first-order valence-corrected chi connectivity index (χ1v) is 31.9. The van der Waals surface area contributed by atoms with E-state index in [1.807, 2.05) is 98.5 Å². The van der Waals surface area contributed by atoms with Crippen molar-refractivity contribution >= 4 is 80.0 Å². The van der Waals surface area contributed by atoms with Gasteiger partial charge in [0.15, 0.2) is 5.82 Å². The Balaban J connectivity index is 0.663. The van der Waals surface area contributed by atoms with Crippen LogP contribution in [-0.2, 0) is 42.9 Å². The molecule has 0 radical (unpaired) electrons. The fourth-order valence-corrected chi connectivity index (χ4v) is 12.0. The summed E-state index contributed by atoms with van der Waals surface area (Å²) in [5.74, 6) is -1.36. The molecule has 4 aromatic carbocycles. The van der Waals surface area contributed by atoms with E-state index in [0.29, 0.717) is 127 Å². The van der Waals surface area contributed by atoms with Crippen molar-refractivity contribution in [1.82, 2.24) is 40.3 Å². The second kappa shape index (κ2) is 33.0. The maximum atomic E-state index is 17.0. The minimum Gasteiger partial charge on any atom is -0.508 e. The van der Waals surface area contributed by atoms with Crippen molar-refractivity contribution in [2.45, 2.75) is 97.2 Å². The van der Waals surface area contributed by atoms with E-state index >= 15 is 4.39 Å². The number of aliphatic hydroxyl groups is 2. The number of likely N-dealkylation sites (tertiary alicyclic amines) is 1. The highest BCUT2D eigenvalue weighted by molar-refractivity contribution is 7.13. The average molecular weight is 1290 g/mol. The number of phenols is 1. The molecule has 2 aliphatic rings. The largest absolute Gasteiger partial charge is 0.508 e. The Morgan fingerprint density at radius 1 is 0.844 bits per heavy atom. The average Bonchev–Trinajstić information content (AvgIpc) is 0.976. The third-order valence-electron chi connectivity index (χ3n) is 15.9. The lowest BCUT2D eigenvalue weighted by Crippen LogP contribution is -2.58. The van der Waals surface area contributed by atoms with E-state index in [9.17, 15) is 34.5 Å². The Morgan fingerprint density at radius 3 is 2.14 bits per heavy atom. The van der Waals surface area contributed by atoms with E-state index in [-0.39, 0.29) is 78.4 Å². The number of thiazole rings is 1. The standard InChI is InChI=1S/C65H86ClFN10O12S/c1-41(43-15-17-44(18-16-43)59-42(2)69-40-90-59)70-62(83)52-36-47(79)38-77(52)63(84)60(65(3,4)5)71-53(80)39-89-33-32-88-31-30-87-29-28-86-27-26-85-25-11-10-14-55(82)75-21-23-76(24-22-75)61-50-37-51(66)56(49-35-46(78)34-45-12-8-9-13-48(45)49)57(67)58(50)72-64(73-61)68-20-19-54(81)74(6)7/h8-9,12-13,15-18,34-35,37,40-41,47,52,54,60,78-79,81H,10-11,14,19-33,36,38-39H2,1-7H3,(H,70,83)(H,71,80)(H,68,72,73)/t41-,47+,52-,54?,60+/m0/s1. The van der Waals surface area contributed by atoms with Gasteiger partial charge in [-0.05, 0) is 91.9 Å². The van der Waals surface area contributed by atoms with Crippen LogP contribution in [0.3, 0.4) is 0 Å². The van der Waals surface area contributed by atoms with Gasteiger partial charge in [0, 0.05) is 76.1 Å². The zero-order valence-corrected chi connectivity index (χ0v) is 54.0. The first-order valence-electron chi connectivity index (χ1n) is 30.7. The number of hydrogen-bond acceptors (Lipinski definition) is 19. The molecule has 0 saturated carbocycles. The second-order valence-corrected chi connectivity index (χ2v) is 25.2. The minimum absolute atomic E-state index is 0.0305. The third-order valence-corrected chi connectivity index (χ3v) is 17.2. The minimum atomic E-state index is -0.991. The lowest BCUT2D eigenvalue weighted by Gasteiger charge is -2.36. The fourth-order valence-electron chi connectivity index (χ4n) is 10.9. The fraction of sp³-hybridized carbons (Fsp3) is 0.523. The number of unbranched alkanes of at least 4 members (excludes halogenated alkanes) is 1. The molecule has 25 heteroatoms. The number of fused-ring (bicyclic) bond motifs is 2. The van der Waals surface area contributed by atoms with Crippen molar-refractivity contribution < 1.29 is 62.6 Å². The van der Waals surface area contributed by atoms with E-state index in [0.717, 1.165) is 27.1 Å². The molecule has 2 aromatic heterocycles. The van der Waals surface area contributed by atoms with E-state index in [2.05, 4.69) is 25.9 Å². The quantitative estimate of drug-likeness (QED) is 0.0178. The molecule has 4 heterocycles. The maximum Gasteiger partial charge on any atom is 0.246 e. The van der Waals surface area contributed by atoms with Gasteiger partial charge in [-0.15, -0.1) is 11.3 Å². The van der Waals surface area contributed by atoms with Crippen molar-refractivity contribution in [1.29, 1.82) is 0 Å². The van der Waals surface area contributed by atoms with E-state index in [4.69, 9.17) is 40.3 Å². The highest BCUT2D eigenvalue weighted by Gasteiger charge is 2.45. The number of aromatic hydroxyl groups is 1. The van der Waals surface area contributed by atoms with Crippen LogP contribution in [0.5, 0.6) is 5.75 Å². The van der Waals surface area contributed by atoms with Gasteiger partial charge in [-0.25, -0.2) is 14.4 Å². The first-order chi connectivity index (χ1) is 43.2. The van der Waals surface area contributed by atoms with Crippen LogP contribution in [0.1, 0.15) is 77.1 Å². The summed E-state index contributed by atoms with van der Waals surface area (Å²) >= 11 is 8.48. The number of β-amino-alcohol motifs (C(OH)–C–C–N with tert-alkyl or cyclic N) is 1. The van der Waals surface area contributed by atoms with Crippen molar-refractivity contribution in [3.63, 3.8) is 0 Å². The first kappa shape index (κ1) is 69.2. The number of carbonyl (C=O) groups is 4. The van der Waals surface area contributed by atoms with Gasteiger partial charge in [-0.3, -0.25) is 24.1 Å². The molecule has 1 unspecified atom stereocenters. The number of nitrogens with zero attached hydrogens (tertiary/aromatic N) is 7. The van der Waals surface area contributed by atoms with Gasteiger partial charge in [0.25, 0.3) is 0 Å². The molecule has 0 aliphatic carbocycles. The van der Waals surface area contributed by atoms with Crippen molar-refractivity contribution in [2.24, 2.45) is 5.41 Å². The molecule has 2 aliphatic heterocycles. The van der Waals surface area contributed by atoms with E-state index < -0.39 is 47.5 Å². The van der Waals surface area contributed by atoms with Crippen molar-refractivity contribution in [2.75, 3.05) is 130 Å². The number of aryl methyl sites for hydroxylation is 1. The summed E-state index contributed by atoms with van der Waals surface area (Å²) in [5.41, 5.74) is 4.54. The summed E-state index contributed by atoms with van der Waals surface area (Å²) in [6.45, 7) is 14.0. The Bertz CT molecular complexity index is 3370. The predicted molar refractivity (Wildman–Crippen MR) is 345 cm³/mol. The normalized spacial score (nSPS) is 16.5. The molecule has 6 aromatic rings. The number of aliphatic hydroxyl groups excluding tert-OH is 2. The lowest BCUT2D eigenvalue weighted by atomic mass is 9.85. The topological polar surface area (TPSA) is 263 Å². The molecular formula is C65H86ClFN10O12S. The SMILES string of the molecule is Cc1ncsc1-c1ccc([C@H](C)NC(=O)[C@@H]2C[C@@H](O)CN2C(=O)[C@@H](NC(=O)COCCOCCOCCOCCOCCCCC(=O)N2CCN(c3nc(NCCC(O)N(C)C)nc4c(F)c(-c5cc(O)cc6ccccc56)c(Cl)cc34)CC2)C(C)(C)C)cc1. The van der Waals surface area contributed by atoms with E-state index in [1.54, 1.807) is 42.5 Å². The molecule has 0 bridgehead atoms. The molecule has 5 atom stereocenters. The molecule has 90 heavy (non-hydrogen) atoms. The number of anilines is 2. The molecule has 8 rings (SSSR count). The summed E-state index contributed by atoms with van der Waals surface area (Å²) in [5, 5.41) is 42.6. The van der Waals surface area contributed by atoms with Crippen LogP contribution in [0.25, 0.3) is 43.2 Å². The van der Waals surface area contributed by atoms with Crippen LogP contribution in [-0.4, -0.2) is 212 Å². The summed E-state index contributed by atoms with van der Waals surface area (Å²) in [6, 6.07) is 17.7. The van der Waals surface area contributed by atoms with Gasteiger partial charge >= 0.3 is 0 Å². The monoisotopic (exact) mass is 1280 g/mol. The van der Waals surface area contributed by atoms with Gasteiger partial charge < -0.3 is 69.7 Å². The zero-order chi connectivity index (χ0) is 64.5. The predicted octanol–water partition coefficient (Wildman–Crippen LogP) is 7.33. The summed E-state index contributed by atoms with van der Waals surface area (Å²) < 4.78 is 45.1. The molecule has 2 saturated heterocycles. The Morgan fingerprint density at radius 2 is 1.50 bits per heavy atom. The summed E-state index contributed by atoms with van der Waals surface area (Å²) in [4.78, 5) is 75.8. The highest BCUT2D eigenvalue weighted by atomic mass is 35.5. The molecule has 22 nitrogen and oxygen atoms in total. The van der Waals surface area contributed by atoms with Crippen LogP contribution in [0.2, 0.25) is 5.02 Å². The number of hydrogen-bond donors (Lipinski definition) is 6. The number of halogens is 2. The van der Waals surface area contributed by atoms with Gasteiger partial charge in [0.1, 0.15) is 42.0 Å². The molecule has 0 spiro atoms. The summed E-state index contributed by atoms with van der Waals surface area (Å²) in [7, 11) is 3.54. The number of nitrogens with one attached hydrogen (secondary N) is 3. The smallest absolute Gasteiger partial charge is 0.246 e. The van der Waals surface area contributed by atoms with Crippen molar-refractivity contribution in [3.05, 3.63) is 94.3 Å². The molecule has 2 fully saturated rings. The number of phenolic OH excluding ortho intramolecular Hbond substituents is 1. The number of amides is 4. The van der Waals surface area contributed by atoms with E-state index in [1.165, 1.54) is 11.0 Å². The molecule has 488 valence electrons. The highest BCUT2D eigenvalue weighted by Crippen LogP contribution is 2.43. The van der Waals surface area contributed by atoms with Gasteiger partial charge in [0.2, 0.25) is 29.6 Å². The van der Waals surface area contributed by atoms with Crippen LogP contribution >= 0.6 is 22.9 Å². The number of aromatic nitrogens is 3. The maximum absolute atomic E-state index is 17.0. The number of rotatable bonds is 32. The van der Waals surface area contributed by atoms with Crippen LogP contribution in [0.4, 0.5) is 16.2 Å². The van der Waals surface area contributed by atoms with Gasteiger partial charge in [-0.1, -0.05) is 80.9 Å². The molecule has 4 amide bonds. The second-order valence-electron chi connectivity index (χ2n) is 23.9. The Labute approximate surface area is 534 Å². The lowest BCUT2D eigenvalue weighted by molar-refractivity contribution is -0.144. The Kier molecular flexibility index (Phi) is 25.4. The number of carbonyl (C=O) groups excluding carboxylic acids is 4. The molecular weight excluding hydrogens is 1200 g/mol. The number of benzene rings is 4. The molecule has 6 N–H and O–H groups in total.